The van der Waals surface area contributed by atoms with Gasteiger partial charge in [0, 0.05) is 6.42 Å². The van der Waals surface area contributed by atoms with Gasteiger partial charge in [0.25, 0.3) is 0 Å². The van der Waals surface area contributed by atoms with Crippen molar-refractivity contribution >= 4 is 28.9 Å². The van der Waals surface area contributed by atoms with Gasteiger partial charge in [-0.3, -0.25) is 30.0 Å². The lowest BCUT2D eigenvalue weighted by molar-refractivity contribution is -0.386. The number of aromatic nitrogens is 2. The molecule has 26 heavy (non-hydrogen) atoms. The molecule has 0 aliphatic rings. The van der Waals surface area contributed by atoms with E-state index in [1.165, 1.54) is 9.69 Å². The van der Waals surface area contributed by atoms with Gasteiger partial charge in [0.1, 0.15) is 11.4 Å². The summed E-state index contributed by atoms with van der Waals surface area (Å²) in [5.41, 5.74) is 9.97. The highest BCUT2D eigenvalue weighted by Crippen LogP contribution is 2.21. The third kappa shape index (κ3) is 4.76. The molecule has 0 spiro atoms. The molecule has 2 aromatic rings. The average Bonchev–Trinajstić information content (AvgIpc) is 2.87. The van der Waals surface area contributed by atoms with E-state index in [1.54, 1.807) is 13.8 Å². The number of nitrogens with two attached hydrogens (primary N) is 1. The maximum atomic E-state index is 12.2. The summed E-state index contributed by atoms with van der Waals surface area (Å²) in [7, 11) is 0. The topological polar surface area (TPSA) is 119 Å². The molecule has 0 aliphatic carbocycles. The van der Waals surface area contributed by atoms with E-state index in [1.807, 2.05) is 30.3 Å². The van der Waals surface area contributed by atoms with E-state index in [0.717, 1.165) is 5.56 Å². The number of rotatable bonds is 6. The molecule has 0 saturated carbocycles. The van der Waals surface area contributed by atoms with Crippen molar-refractivity contribution in [3.63, 3.8) is 0 Å². The maximum absolute atomic E-state index is 12.2. The fraction of sp³-hybridized carbons (Fsp3) is 0.312. The second kappa shape index (κ2) is 8.39. The Bertz CT molecular complexity index is 821. The smallest absolute Gasteiger partial charge is 0.312 e. The quantitative estimate of drug-likeness (QED) is 0.446. The molecule has 2 rings (SSSR count). The van der Waals surface area contributed by atoms with E-state index in [4.69, 9.17) is 18.0 Å². The van der Waals surface area contributed by atoms with Gasteiger partial charge >= 0.3 is 5.69 Å². The highest BCUT2D eigenvalue weighted by atomic mass is 32.1. The van der Waals surface area contributed by atoms with Gasteiger partial charge in [0.2, 0.25) is 5.91 Å². The molecule has 1 amide bonds. The van der Waals surface area contributed by atoms with Crippen LogP contribution in [0.15, 0.2) is 30.3 Å². The van der Waals surface area contributed by atoms with Gasteiger partial charge in [0.15, 0.2) is 5.11 Å². The monoisotopic (exact) mass is 376 g/mol. The van der Waals surface area contributed by atoms with Crippen LogP contribution in [0.5, 0.6) is 0 Å². The maximum Gasteiger partial charge on any atom is 0.312 e. The van der Waals surface area contributed by atoms with Crippen LogP contribution in [-0.4, -0.2) is 30.7 Å². The van der Waals surface area contributed by atoms with E-state index < -0.39 is 4.92 Å². The molecule has 0 saturated heterocycles. The van der Waals surface area contributed by atoms with E-state index in [2.05, 4.69) is 10.5 Å². The number of hydrazine groups is 1. The molecule has 3 N–H and O–H groups in total. The summed E-state index contributed by atoms with van der Waals surface area (Å²) >= 11 is 4.98. The SMILES string of the molecule is Cc1nn(CCC(=O)NN(Cc2ccccc2)C(N)=S)c(C)c1[N+](=O)[O-]. The molecule has 0 bridgehead atoms. The molecule has 10 heteroatoms. The van der Waals surface area contributed by atoms with Crippen molar-refractivity contribution in [2.75, 3.05) is 0 Å². The van der Waals surface area contributed by atoms with Crippen LogP contribution in [0.4, 0.5) is 5.69 Å². The van der Waals surface area contributed by atoms with Gasteiger partial charge in [-0.25, -0.2) is 0 Å². The number of benzene rings is 1. The van der Waals surface area contributed by atoms with Crippen molar-refractivity contribution in [3.05, 3.63) is 57.4 Å². The minimum Gasteiger partial charge on any atom is -0.375 e. The first-order valence-corrected chi connectivity index (χ1v) is 8.29. The number of amides is 1. The lowest BCUT2D eigenvalue weighted by Gasteiger charge is -2.23. The Morgan fingerprint density at radius 1 is 1.38 bits per heavy atom. The number of carbonyl (C=O) groups is 1. The predicted octanol–water partition coefficient (Wildman–Crippen LogP) is 1.58. The lowest BCUT2D eigenvalue weighted by atomic mass is 10.2. The largest absolute Gasteiger partial charge is 0.375 e. The number of hydrogen-bond acceptors (Lipinski definition) is 5. The molecule has 1 heterocycles. The molecule has 9 nitrogen and oxygen atoms in total. The first kappa shape index (κ1) is 19.3. The number of aryl methyl sites for hydroxylation is 2. The number of nitrogens with one attached hydrogen (secondary N) is 1. The molecule has 0 unspecified atom stereocenters. The fourth-order valence-corrected chi connectivity index (χ4v) is 2.63. The van der Waals surface area contributed by atoms with Gasteiger partial charge in [-0.15, -0.1) is 0 Å². The number of nitro groups is 1. The normalized spacial score (nSPS) is 10.4. The number of carbonyl (C=O) groups excluding carboxylic acids is 1. The lowest BCUT2D eigenvalue weighted by Crippen LogP contribution is -2.48. The highest BCUT2D eigenvalue weighted by Gasteiger charge is 2.22. The van der Waals surface area contributed by atoms with Gasteiger partial charge < -0.3 is 5.73 Å². The summed E-state index contributed by atoms with van der Waals surface area (Å²) in [6.07, 6.45) is 0.0764. The number of thiocarbonyl (C=S) groups is 1. The Morgan fingerprint density at radius 3 is 2.58 bits per heavy atom. The molecular weight excluding hydrogens is 356 g/mol. The minimum atomic E-state index is -0.470. The zero-order valence-corrected chi connectivity index (χ0v) is 15.3. The highest BCUT2D eigenvalue weighted by molar-refractivity contribution is 7.80. The molecule has 0 aliphatic heterocycles. The van der Waals surface area contributed by atoms with E-state index in [-0.39, 0.29) is 29.7 Å². The predicted molar refractivity (Wildman–Crippen MR) is 99.9 cm³/mol. The van der Waals surface area contributed by atoms with Gasteiger partial charge in [-0.2, -0.15) is 5.10 Å². The Kier molecular flexibility index (Phi) is 6.23. The van der Waals surface area contributed by atoms with Crippen molar-refractivity contribution in [3.8, 4) is 0 Å². The van der Waals surface area contributed by atoms with Crippen LogP contribution in [0, 0.1) is 24.0 Å². The molecule has 138 valence electrons. The fourth-order valence-electron chi connectivity index (χ4n) is 2.52. The van der Waals surface area contributed by atoms with E-state index >= 15 is 0 Å². The van der Waals surface area contributed by atoms with Crippen LogP contribution in [0.1, 0.15) is 23.4 Å². The summed E-state index contributed by atoms with van der Waals surface area (Å²) in [6.45, 7) is 3.72. The summed E-state index contributed by atoms with van der Waals surface area (Å²) in [4.78, 5) is 22.8. The zero-order valence-electron chi connectivity index (χ0n) is 14.5. The third-order valence-corrected chi connectivity index (χ3v) is 4.01. The average molecular weight is 376 g/mol. The van der Waals surface area contributed by atoms with Crippen LogP contribution in [0.25, 0.3) is 0 Å². The first-order valence-electron chi connectivity index (χ1n) is 7.88. The standard InChI is InChI=1S/C16H20N6O3S/c1-11-15(22(24)25)12(2)20(18-11)9-8-14(23)19-21(16(17)26)10-13-6-4-3-5-7-13/h3-7H,8-10H2,1-2H3,(H2,17,26)(H,19,23). The Balaban J connectivity index is 1.98. The van der Waals surface area contributed by atoms with Gasteiger partial charge in [-0.05, 0) is 31.6 Å². The molecule has 1 aromatic heterocycles. The first-order chi connectivity index (χ1) is 12.3. The van der Waals surface area contributed by atoms with Gasteiger partial charge in [-0.1, -0.05) is 30.3 Å². The Hall–Kier alpha value is -3.01. The Labute approximate surface area is 155 Å². The summed E-state index contributed by atoms with van der Waals surface area (Å²) in [5, 5.41) is 16.6. The van der Waals surface area contributed by atoms with Gasteiger partial charge in [0.05, 0.1) is 18.0 Å². The number of nitrogens with zero attached hydrogens (tertiary/aromatic N) is 4. The van der Waals surface area contributed by atoms with Crippen LogP contribution in [-0.2, 0) is 17.9 Å². The van der Waals surface area contributed by atoms with Crippen molar-refractivity contribution in [2.45, 2.75) is 33.4 Å². The summed E-state index contributed by atoms with van der Waals surface area (Å²) < 4.78 is 1.45. The van der Waals surface area contributed by atoms with E-state index in [0.29, 0.717) is 17.9 Å². The summed E-state index contributed by atoms with van der Waals surface area (Å²) in [6, 6.07) is 9.44. The van der Waals surface area contributed by atoms with Crippen molar-refractivity contribution in [2.24, 2.45) is 5.73 Å². The van der Waals surface area contributed by atoms with Crippen LogP contribution < -0.4 is 11.2 Å². The van der Waals surface area contributed by atoms with Crippen LogP contribution >= 0.6 is 12.2 Å². The van der Waals surface area contributed by atoms with Crippen molar-refractivity contribution < 1.29 is 9.72 Å². The van der Waals surface area contributed by atoms with Crippen LogP contribution in [0.3, 0.4) is 0 Å². The molecule has 0 fully saturated rings. The second-order valence-corrected chi connectivity index (χ2v) is 6.11. The van der Waals surface area contributed by atoms with Crippen LogP contribution in [0.2, 0.25) is 0 Å². The third-order valence-electron chi connectivity index (χ3n) is 3.79. The molecule has 1 aromatic carbocycles. The summed E-state index contributed by atoms with van der Waals surface area (Å²) in [5.74, 6) is -0.316. The minimum absolute atomic E-state index is 0.0285. The molecular formula is C16H20N6O3S. The van der Waals surface area contributed by atoms with E-state index in [9.17, 15) is 14.9 Å². The van der Waals surface area contributed by atoms with Crippen molar-refractivity contribution in [1.82, 2.24) is 20.2 Å². The number of hydrogen-bond donors (Lipinski definition) is 2. The molecule has 0 radical (unpaired) electrons. The Morgan fingerprint density at radius 2 is 2.04 bits per heavy atom. The molecule has 0 atom stereocenters. The zero-order chi connectivity index (χ0) is 19.3. The second-order valence-electron chi connectivity index (χ2n) is 5.69. The van der Waals surface area contributed by atoms with Crippen molar-refractivity contribution in [1.29, 1.82) is 0 Å².